The summed E-state index contributed by atoms with van der Waals surface area (Å²) in [5, 5.41) is 4.71. The number of anilines is 2. The Hall–Kier alpha value is -2.21. The van der Waals surface area contributed by atoms with Gasteiger partial charge in [-0.2, -0.15) is 0 Å². The van der Waals surface area contributed by atoms with Crippen LogP contribution in [0.2, 0.25) is 0 Å². The summed E-state index contributed by atoms with van der Waals surface area (Å²) in [6.07, 6.45) is 3.60. The van der Waals surface area contributed by atoms with Crippen molar-refractivity contribution in [2.45, 2.75) is 25.8 Å². The van der Waals surface area contributed by atoms with Crippen molar-refractivity contribution < 1.29 is 8.78 Å². The van der Waals surface area contributed by atoms with E-state index in [0.29, 0.717) is 11.9 Å². The Morgan fingerprint density at radius 1 is 1.12 bits per heavy atom. The van der Waals surface area contributed by atoms with Gasteiger partial charge in [0, 0.05) is 43.8 Å². The molecule has 3 aliphatic heterocycles. The lowest BCUT2D eigenvalue weighted by Crippen LogP contribution is -2.76. The fourth-order valence-corrected chi connectivity index (χ4v) is 4.74. The van der Waals surface area contributed by atoms with E-state index in [-0.39, 0.29) is 17.0 Å². The Bertz CT molecular complexity index is 841. The number of rotatable bonds is 2. The monoisotopic (exact) mass is 356 g/mol. The van der Waals surface area contributed by atoms with E-state index < -0.39 is 0 Å². The second-order valence-corrected chi connectivity index (χ2v) is 7.99. The van der Waals surface area contributed by atoms with Crippen molar-refractivity contribution in [3.63, 3.8) is 0 Å². The van der Waals surface area contributed by atoms with E-state index in [1.807, 2.05) is 11.0 Å². The van der Waals surface area contributed by atoms with Crippen molar-refractivity contribution in [3.8, 4) is 0 Å². The molecule has 26 heavy (non-hydrogen) atoms. The molecule has 0 saturated carbocycles. The average Bonchev–Trinajstić information content (AvgIpc) is 2.55. The molecule has 6 heteroatoms. The molecule has 2 saturated heterocycles. The van der Waals surface area contributed by atoms with Gasteiger partial charge in [0.1, 0.15) is 5.82 Å². The third-order valence-electron chi connectivity index (χ3n) is 5.97. The lowest BCUT2D eigenvalue weighted by Gasteiger charge is -2.64. The van der Waals surface area contributed by atoms with Crippen molar-refractivity contribution in [1.82, 2.24) is 9.99 Å². The first-order valence-electron chi connectivity index (χ1n) is 9.23. The van der Waals surface area contributed by atoms with Gasteiger partial charge in [0.05, 0.1) is 5.69 Å². The fraction of sp³-hybridized carbons (Fsp3) is 0.450. The standard InChI is InChI=1S/C20H22F2N4/c1-14-4-5-15-9-16(21)6-7-18(15)26(14)25-12-20(13-25)10-24(11-20)19-17(22)3-2-8-23-19/h2-3,6-9,14H,4-5,10-13H2,1H3. The van der Waals surface area contributed by atoms with Crippen molar-refractivity contribution in [3.05, 3.63) is 53.7 Å². The van der Waals surface area contributed by atoms with Crippen LogP contribution < -0.4 is 9.91 Å². The maximum atomic E-state index is 13.9. The van der Waals surface area contributed by atoms with Crippen molar-refractivity contribution in [2.24, 2.45) is 5.41 Å². The molecule has 1 atom stereocenters. The Morgan fingerprint density at radius 2 is 1.92 bits per heavy atom. The number of halogens is 2. The van der Waals surface area contributed by atoms with E-state index in [0.717, 1.165) is 50.3 Å². The van der Waals surface area contributed by atoms with Crippen LogP contribution in [0.3, 0.4) is 0 Å². The molecule has 1 unspecified atom stereocenters. The lowest BCUT2D eigenvalue weighted by atomic mass is 9.73. The van der Waals surface area contributed by atoms with Crippen LogP contribution >= 0.6 is 0 Å². The molecule has 3 aliphatic rings. The lowest BCUT2D eigenvalue weighted by molar-refractivity contribution is -0.0377. The van der Waals surface area contributed by atoms with Gasteiger partial charge in [0.2, 0.25) is 0 Å². The number of hydrazine groups is 1. The zero-order chi connectivity index (χ0) is 17.9. The van der Waals surface area contributed by atoms with E-state index >= 15 is 0 Å². The van der Waals surface area contributed by atoms with E-state index in [2.05, 4.69) is 21.9 Å². The van der Waals surface area contributed by atoms with E-state index in [1.54, 1.807) is 24.4 Å². The van der Waals surface area contributed by atoms with Crippen molar-refractivity contribution in [2.75, 3.05) is 36.1 Å². The van der Waals surface area contributed by atoms with Gasteiger partial charge in [0.15, 0.2) is 11.6 Å². The Balaban J connectivity index is 1.29. The third kappa shape index (κ3) is 2.39. The van der Waals surface area contributed by atoms with Gasteiger partial charge in [-0.15, -0.1) is 0 Å². The van der Waals surface area contributed by atoms with Gasteiger partial charge < -0.3 is 9.91 Å². The molecule has 1 spiro atoms. The topological polar surface area (TPSA) is 22.6 Å². The highest BCUT2D eigenvalue weighted by molar-refractivity contribution is 5.56. The van der Waals surface area contributed by atoms with Crippen LogP contribution in [0.1, 0.15) is 18.9 Å². The zero-order valence-corrected chi connectivity index (χ0v) is 14.8. The van der Waals surface area contributed by atoms with E-state index in [1.165, 1.54) is 6.07 Å². The SMILES string of the molecule is CC1CCc2cc(F)ccc2N1N1CC2(CN(c3ncccc3F)C2)C1. The molecule has 0 N–H and O–H groups in total. The average molecular weight is 356 g/mol. The largest absolute Gasteiger partial charge is 0.353 e. The highest BCUT2D eigenvalue weighted by Crippen LogP contribution is 2.45. The summed E-state index contributed by atoms with van der Waals surface area (Å²) < 4.78 is 27.5. The van der Waals surface area contributed by atoms with Crippen LogP contribution in [0, 0.1) is 17.0 Å². The molecule has 0 radical (unpaired) electrons. The number of pyridine rings is 1. The van der Waals surface area contributed by atoms with Crippen LogP contribution in [0.5, 0.6) is 0 Å². The Kier molecular flexibility index (Phi) is 3.47. The number of fused-ring (bicyclic) bond motifs is 1. The number of aromatic nitrogens is 1. The number of aryl methyl sites for hydroxylation is 1. The van der Waals surface area contributed by atoms with Crippen LogP contribution in [0.15, 0.2) is 36.5 Å². The molecule has 5 rings (SSSR count). The summed E-state index contributed by atoms with van der Waals surface area (Å²) in [5.41, 5.74) is 2.45. The quantitative estimate of drug-likeness (QED) is 0.824. The molecular formula is C20H22F2N4. The van der Waals surface area contributed by atoms with Crippen LogP contribution in [-0.4, -0.2) is 42.2 Å². The summed E-state index contributed by atoms with van der Waals surface area (Å²) >= 11 is 0. The van der Waals surface area contributed by atoms with Crippen molar-refractivity contribution in [1.29, 1.82) is 0 Å². The molecule has 1 aromatic heterocycles. The highest BCUT2D eigenvalue weighted by Gasteiger charge is 2.54. The summed E-state index contributed by atoms with van der Waals surface area (Å²) in [6, 6.07) is 8.62. The van der Waals surface area contributed by atoms with Gasteiger partial charge in [-0.1, -0.05) is 0 Å². The molecule has 0 bridgehead atoms. The van der Waals surface area contributed by atoms with Gasteiger partial charge in [0.25, 0.3) is 0 Å². The van der Waals surface area contributed by atoms with Gasteiger partial charge in [-0.25, -0.2) is 18.8 Å². The smallest absolute Gasteiger partial charge is 0.165 e. The first kappa shape index (κ1) is 16.0. The number of hydrogen-bond donors (Lipinski definition) is 0. The molecule has 2 aromatic rings. The molecule has 0 amide bonds. The normalized spacial score (nSPS) is 24.2. The predicted octanol–water partition coefficient (Wildman–Crippen LogP) is 3.24. The van der Waals surface area contributed by atoms with Crippen LogP contribution in [0.4, 0.5) is 20.3 Å². The maximum Gasteiger partial charge on any atom is 0.165 e. The first-order chi connectivity index (χ1) is 12.5. The second-order valence-electron chi connectivity index (χ2n) is 7.99. The molecular weight excluding hydrogens is 334 g/mol. The number of benzene rings is 1. The highest BCUT2D eigenvalue weighted by atomic mass is 19.1. The Morgan fingerprint density at radius 3 is 2.69 bits per heavy atom. The summed E-state index contributed by atoms with van der Waals surface area (Å²) in [7, 11) is 0. The minimum Gasteiger partial charge on any atom is -0.353 e. The zero-order valence-electron chi connectivity index (χ0n) is 14.8. The van der Waals surface area contributed by atoms with Crippen molar-refractivity contribution >= 4 is 11.5 Å². The van der Waals surface area contributed by atoms with Crippen LogP contribution in [0.25, 0.3) is 0 Å². The van der Waals surface area contributed by atoms with E-state index in [4.69, 9.17) is 0 Å². The van der Waals surface area contributed by atoms with E-state index in [9.17, 15) is 8.78 Å². The Labute approximate surface area is 152 Å². The molecule has 1 aromatic carbocycles. The number of nitrogens with zero attached hydrogens (tertiary/aromatic N) is 4. The minimum atomic E-state index is -0.251. The molecule has 136 valence electrons. The van der Waals surface area contributed by atoms with Gasteiger partial charge in [-0.05, 0) is 55.7 Å². The minimum absolute atomic E-state index is 0.162. The maximum absolute atomic E-state index is 13.9. The first-order valence-corrected chi connectivity index (χ1v) is 9.23. The third-order valence-corrected chi connectivity index (χ3v) is 5.97. The fourth-order valence-electron chi connectivity index (χ4n) is 4.74. The summed E-state index contributed by atoms with van der Waals surface area (Å²) in [4.78, 5) is 6.20. The molecule has 2 fully saturated rings. The molecule has 4 heterocycles. The molecule has 4 nitrogen and oxygen atoms in total. The predicted molar refractivity (Wildman–Crippen MR) is 97.1 cm³/mol. The summed E-state index contributed by atoms with van der Waals surface area (Å²) in [5.74, 6) is 0.0493. The summed E-state index contributed by atoms with van der Waals surface area (Å²) in [6.45, 7) is 5.83. The van der Waals surface area contributed by atoms with Gasteiger partial charge in [-0.3, -0.25) is 0 Å². The van der Waals surface area contributed by atoms with Gasteiger partial charge >= 0.3 is 0 Å². The van der Waals surface area contributed by atoms with Crippen LogP contribution in [-0.2, 0) is 6.42 Å². The number of hydrogen-bond acceptors (Lipinski definition) is 4. The molecule has 0 aliphatic carbocycles. The second kappa shape index (κ2) is 5.64.